The van der Waals surface area contributed by atoms with Crippen LogP contribution in [-0.2, 0) is 12.8 Å². The van der Waals surface area contributed by atoms with Crippen molar-refractivity contribution in [1.82, 2.24) is 20.1 Å². The zero-order chi connectivity index (χ0) is 15.4. The van der Waals surface area contributed by atoms with Gasteiger partial charge in [0.1, 0.15) is 0 Å². The van der Waals surface area contributed by atoms with Crippen molar-refractivity contribution < 1.29 is 0 Å². The number of piperidine rings is 1. The smallest absolute Gasteiger partial charge is 0.245 e. The van der Waals surface area contributed by atoms with Gasteiger partial charge in [0, 0.05) is 19.6 Å². The van der Waals surface area contributed by atoms with Crippen molar-refractivity contribution in [3.63, 3.8) is 0 Å². The number of aryl methyl sites for hydroxylation is 2. The molecule has 1 unspecified atom stereocenters. The lowest BCUT2D eigenvalue weighted by Gasteiger charge is -2.28. The van der Waals surface area contributed by atoms with Gasteiger partial charge in [0.15, 0.2) is 0 Å². The molecule has 1 atom stereocenters. The van der Waals surface area contributed by atoms with Crippen LogP contribution in [0.4, 0.5) is 5.95 Å². The van der Waals surface area contributed by atoms with Crippen molar-refractivity contribution in [3.8, 4) is 0 Å². The molecule has 1 aromatic heterocycles. The first-order chi connectivity index (χ1) is 10.8. The molecule has 2 fully saturated rings. The summed E-state index contributed by atoms with van der Waals surface area (Å²) < 4.78 is 0. The van der Waals surface area contributed by atoms with Crippen molar-refractivity contribution in [2.24, 2.45) is 5.92 Å². The molecule has 0 aliphatic carbocycles. The molecule has 0 N–H and O–H groups in total. The molecule has 0 spiro atoms. The first-order valence-corrected chi connectivity index (χ1v) is 9.00. The molecule has 2 saturated heterocycles. The van der Waals surface area contributed by atoms with Gasteiger partial charge < -0.3 is 9.80 Å². The number of likely N-dealkylation sites (tertiary alicyclic amines) is 1. The zero-order valence-electron chi connectivity index (χ0n) is 14.1. The third-order valence-electron chi connectivity index (χ3n) is 5.03. The predicted octanol–water partition coefficient (Wildman–Crippen LogP) is 2.31. The molecule has 0 amide bonds. The Bertz CT molecular complexity index is 484. The van der Waals surface area contributed by atoms with E-state index in [1.54, 1.807) is 0 Å². The lowest BCUT2D eigenvalue weighted by atomic mass is 10.1. The van der Waals surface area contributed by atoms with E-state index in [4.69, 9.17) is 4.98 Å². The number of hydrogen-bond acceptors (Lipinski definition) is 5. The van der Waals surface area contributed by atoms with Crippen LogP contribution in [0.25, 0.3) is 0 Å². The fourth-order valence-electron chi connectivity index (χ4n) is 3.73. The van der Waals surface area contributed by atoms with Crippen molar-refractivity contribution in [3.05, 3.63) is 11.4 Å². The van der Waals surface area contributed by atoms with E-state index in [2.05, 4.69) is 33.8 Å². The molecule has 0 bridgehead atoms. The van der Waals surface area contributed by atoms with Crippen LogP contribution in [0, 0.1) is 5.92 Å². The van der Waals surface area contributed by atoms with Gasteiger partial charge >= 0.3 is 0 Å². The van der Waals surface area contributed by atoms with Crippen LogP contribution in [0.3, 0.4) is 0 Å². The van der Waals surface area contributed by atoms with Gasteiger partial charge in [0.2, 0.25) is 5.95 Å². The van der Waals surface area contributed by atoms with E-state index in [0.29, 0.717) is 0 Å². The van der Waals surface area contributed by atoms with Crippen LogP contribution in [0.15, 0.2) is 0 Å². The summed E-state index contributed by atoms with van der Waals surface area (Å²) in [7, 11) is 0. The second-order valence-corrected chi connectivity index (χ2v) is 6.67. The van der Waals surface area contributed by atoms with Gasteiger partial charge in [-0.3, -0.25) is 0 Å². The maximum Gasteiger partial charge on any atom is 0.245 e. The molecule has 3 rings (SSSR count). The standard InChI is InChI=1S/C17H29N5/c1-3-15-16(4-2)19-20-17(18-15)22-11-8-14(13-22)12-21-9-6-5-7-10-21/h14H,3-13H2,1-2H3. The van der Waals surface area contributed by atoms with Gasteiger partial charge in [0.05, 0.1) is 11.4 Å². The van der Waals surface area contributed by atoms with Gasteiger partial charge in [-0.25, -0.2) is 4.98 Å². The molecule has 5 heteroatoms. The van der Waals surface area contributed by atoms with E-state index >= 15 is 0 Å². The Hall–Kier alpha value is -1.23. The van der Waals surface area contributed by atoms with E-state index < -0.39 is 0 Å². The summed E-state index contributed by atoms with van der Waals surface area (Å²) in [5.41, 5.74) is 2.17. The average molecular weight is 303 g/mol. The van der Waals surface area contributed by atoms with Gasteiger partial charge in [0.25, 0.3) is 0 Å². The predicted molar refractivity (Wildman–Crippen MR) is 89.2 cm³/mol. The molecule has 2 aliphatic rings. The molecule has 0 radical (unpaired) electrons. The molecule has 0 saturated carbocycles. The fraction of sp³-hybridized carbons (Fsp3) is 0.824. The normalized spacial score (nSPS) is 23.2. The number of hydrogen-bond donors (Lipinski definition) is 0. The van der Waals surface area contributed by atoms with E-state index in [1.165, 1.54) is 45.3 Å². The molecule has 122 valence electrons. The first-order valence-electron chi connectivity index (χ1n) is 9.00. The average Bonchev–Trinajstić information content (AvgIpc) is 3.03. The number of rotatable bonds is 5. The second kappa shape index (κ2) is 7.36. The third kappa shape index (κ3) is 3.57. The monoisotopic (exact) mass is 303 g/mol. The highest BCUT2D eigenvalue weighted by Crippen LogP contribution is 2.23. The highest BCUT2D eigenvalue weighted by Gasteiger charge is 2.27. The van der Waals surface area contributed by atoms with Gasteiger partial charge in [-0.1, -0.05) is 20.3 Å². The summed E-state index contributed by atoms with van der Waals surface area (Å²) in [5.74, 6) is 1.60. The summed E-state index contributed by atoms with van der Waals surface area (Å²) in [6.07, 6.45) is 7.29. The Morgan fingerprint density at radius 1 is 0.955 bits per heavy atom. The number of anilines is 1. The summed E-state index contributed by atoms with van der Waals surface area (Å²) in [6, 6.07) is 0. The van der Waals surface area contributed by atoms with Crippen LogP contribution in [-0.4, -0.2) is 52.8 Å². The van der Waals surface area contributed by atoms with E-state index in [-0.39, 0.29) is 0 Å². The van der Waals surface area contributed by atoms with Crippen molar-refractivity contribution >= 4 is 5.95 Å². The molecular formula is C17H29N5. The van der Waals surface area contributed by atoms with Crippen molar-refractivity contribution in [2.45, 2.75) is 52.4 Å². The van der Waals surface area contributed by atoms with Crippen molar-refractivity contribution in [1.29, 1.82) is 0 Å². The minimum absolute atomic E-state index is 0.762. The Balaban J connectivity index is 1.59. The molecule has 5 nitrogen and oxygen atoms in total. The maximum atomic E-state index is 4.76. The largest absolute Gasteiger partial charge is 0.339 e. The quantitative estimate of drug-likeness (QED) is 0.835. The SMILES string of the molecule is CCc1nnc(N2CCC(CN3CCCCC3)C2)nc1CC. The number of aromatic nitrogens is 3. The first kappa shape index (κ1) is 15.7. The highest BCUT2D eigenvalue weighted by atomic mass is 15.3. The minimum Gasteiger partial charge on any atom is -0.339 e. The second-order valence-electron chi connectivity index (χ2n) is 6.67. The topological polar surface area (TPSA) is 45.2 Å². The van der Waals surface area contributed by atoms with Gasteiger partial charge in [-0.2, -0.15) is 5.10 Å². The lowest BCUT2D eigenvalue weighted by molar-refractivity contribution is 0.201. The molecule has 1 aromatic rings. The van der Waals surface area contributed by atoms with Gasteiger partial charge in [-0.15, -0.1) is 5.10 Å². The summed E-state index contributed by atoms with van der Waals surface area (Å²) in [6.45, 7) is 10.3. The molecule has 0 aromatic carbocycles. The molecule has 2 aliphatic heterocycles. The van der Waals surface area contributed by atoms with E-state index in [0.717, 1.165) is 49.2 Å². The molecule has 3 heterocycles. The van der Waals surface area contributed by atoms with E-state index in [9.17, 15) is 0 Å². The minimum atomic E-state index is 0.762. The molecule has 22 heavy (non-hydrogen) atoms. The summed E-state index contributed by atoms with van der Waals surface area (Å²) >= 11 is 0. The third-order valence-corrected chi connectivity index (χ3v) is 5.03. The Morgan fingerprint density at radius 2 is 1.73 bits per heavy atom. The summed E-state index contributed by atoms with van der Waals surface area (Å²) in [4.78, 5) is 9.74. The maximum absolute atomic E-state index is 4.76. The Kier molecular flexibility index (Phi) is 5.24. The van der Waals surface area contributed by atoms with Gasteiger partial charge in [-0.05, 0) is 51.1 Å². The van der Waals surface area contributed by atoms with Crippen LogP contribution in [0.5, 0.6) is 0 Å². The highest BCUT2D eigenvalue weighted by molar-refractivity contribution is 5.32. The lowest BCUT2D eigenvalue weighted by Crippen LogP contribution is -2.35. The van der Waals surface area contributed by atoms with Crippen LogP contribution in [0.2, 0.25) is 0 Å². The number of nitrogens with zero attached hydrogens (tertiary/aromatic N) is 5. The summed E-state index contributed by atoms with van der Waals surface area (Å²) in [5, 5.41) is 8.76. The van der Waals surface area contributed by atoms with Crippen LogP contribution in [0.1, 0.15) is 50.9 Å². The Labute approximate surface area is 134 Å². The fourth-order valence-corrected chi connectivity index (χ4v) is 3.73. The van der Waals surface area contributed by atoms with Crippen LogP contribution >= 0.6 is 0 Å². The zero-order valence-corrected chi connectivity index (χ0v) is 14.1. The molecular weight excluding hydrogens is 274 g/mol. The van der Waals surface area contributed by atoms with Crippen molar-refractivity contribution in [2.75, 3.05) is 37.6 Å². The van der Waals surface area contributed by atoms with E-state index in [1.807, 2.05) is 0 Å². The van der Waals surface area contributed by atoms with Crippen LogP contribution < -0.4 is 4.90 Å². The Morgan fingerprint density at radius 3 is 2.45 bits per heavy atom.